The number of likely N-dealkylation sites (tertiary alicyclic amines) is 1. The third-order valence-electron chi connectivity index (χ3n) is 5.79. The number of rotatable bonds is 5. The van der Waals surface area contributed by atoms with Crippen molar-refractivity contribution in [3.8, 4) is 0 Å². The Morgan fingerprint density at radius 2 is 1.93 bits per heavy atom. The van der Waals surface area contributed by atoms with Crippen LogP contribution in [0.4, 0.5) is 0 Å². The summed E-state index contributed by atoms with van der Waals surface area (Å²) in [6.45, 7) is 2.16. The number of fused-ring (bicyclic) bond motifs is 1. The number of aryl methyl sites for hydroxylation is 1. The summed E-state index contributed by atoms with van der Waals surface area (Å²) in [4.78, 5) is 19.6. The summed E-state index contributed by atoms with van der Waals surface area (Å²) in [5, 5.41) is 0.767. The van der Waals surface area contributed by atoms with Crippen LogP contribution in [0.1, 0.15) is 47.5 Å². The minimum atomic E-state index is 0.0927. The van der Waals surface area contributed by atoms with Crippen molar-refractivity contribution in [3.05, 3.63) is 64.9 Å². The highest BCUT2D eigenvalue weighted by atomic mass is 35.5. The highest BCUT2D eigenvalue weighted by Crippen LogP contribution is 2.35. The lowest BCUT2D eigenvalue weighted by Gasteiger charge is -2.29. The zero-order valence-corrected chi connectivity index (χ0v) is 17.0. The average Bonchev–Trinajstić information content (AvgIpc) is 3.11. The molecule has 1 aliphatic rings. The van der Waals surface area contributed by atoms with Gasteiger partial charge in [-0.15, -0.1) is 0 Å². The van der Waals surface area contributed by atoms with Crippen LogP contribution in [0.3, 0.4) is 0 Å². The van der Waals surface area contributed by atoms with Crippen molar-refractivity contribution in [1.29, 1.82) is 0 Å². The number of benzene rings is 2. The van der Waals surface area contributed by atoms with Gasteiger partial charge in [-0.25, -0.2) is 4.98 Å². The predicted octanol–water partition coefficient (Wildman–Crippen LogP) is 5.16. The Morgan fingerprint density at radius 3 is 2.68 bits per heavy atom. The number of hydrogen-bond donors (Lipinski definition) is 0. The van der Waals surface area contributed by atoms with Crippen molar-refractivity contribution in [2.24, 2.45) is 0 Å². The fraction of sp³-hybridized carbons (Fsp3) is 0.391. The van der Waals surface area contributed by atoms with E-state index in [0.717, 1.165) is 60.4 Å². The molecule has 2 heterocycles. The number of carbonyl (C=O) groups excluding carboxylic acids is 1. The molecular weight excluding hydrogens is 370 g/mol. The van der Waals surface area contributed by atoms with Gasteiger partial charge in [0.2, 0.25) is 5.91 Å². The third-order valence-corrected chi connectivity index (χ3v) is 6.12. The van der Waals surface area contributed by atoms with E-state index in [0.29, 0.717) is 12.3 Å². The highest BCUT2D eigenvalue weighted by molar-refractivity contribution is 6.32. The van der Waals surface area contributed by atoms with Crippen LogP contribution in [-0.2, 0) is 6.42 Å². The first kappa shape index (κ1) is 19.2. The van der Waals surface area contributed by atoms with Crippen LogP contribution in [0.15, 0.2) is 48.8 Å². The smallest absolute Gasteiger partial charge is 0.232 e. The topological polar surface area (TPSA) is 38.1 Å². The van der Waals surface area contributed by atoms with Gasteiger partial charge in [-0.2, -0.15) is 0 Å². The van der Waals surface area contributed by atoms with E-state index in [1.807, 2.05) is 24.3 Å². The maximum absolute atomic E-state index is 12.8. The van der Waals surface area contributed by atoms with Gasteiger partial charge in [0.15, 0.2) is 0 Å². The number of halogens is 1. The maximum atomic E-state index is 12.8. The molecule has 0 saturated carbocycles. The van der Waals surface area contributed by atoms with Gasteiger partial charge in [-0.3, -0.25) is 9.36 Å². The molecule has 0 radical (unpaired) electrons. The fourth-order valence-corrected chi connectivity index (χ4v) is 4.40. The molecule has 0 aliphatic carbocycles. The normalized spacial score (nSPS) is 15.9. The molecule has 3 aromatic rings. The van der Waals surface area contributed by atoms with Crippen molar-refractivity contribution >= 4 is 28.5 Å². The second-order valence-electron chi connectivity index (χ2n) is 7.79. The second kappa shape index (κ2) is 8.46. The van der Waals surface area contributed by atoms with E-state index >= 15 is 0 Å². The van der Waals surface area contributed by atoms with E-state index in [2.05, 4.69) is 35.1 Å². The quantitative estimate of drug-likeness (QED) is 0.598. The lowest BCUT2D eigenvalue weighted by molar-refractivity contribution is 0.0905. The molecule has 0 bridgehead atoms. The standard InChI is InChI=1S/C23H26ClN3O/c1-26-12-10-18(11-13-26)19-14-22-21(15-20(19)24)25-16-27(22)23(28)9-5-8-17-6-3-2-4-7-17/h2-4,6-7,14-16,18H,5,8-13H2,1H3. The third kappa shape index (κ3) is 4.13. The van der Waals surface area contributed by atoms with E-state index in [1.165, 1.54) is 5.56 Å². The van der Waals surface area contributed by atoms with Crippen molar-refractivity contribution in [2.75, 3.05) is 20.1 Å². The molecule has 2 aromatic carbocycles. The van der Waals surface area contributed by atoms with E-state index in [1.54, 1.807) is 10.9 Å². The van der Waals surface area contributed by atoms with Gasteiger partial charge in [0.1, 0.15) is 6.33 Å². The lowest BCUT2D eigenvalue weighted by Crippen LogP contribution is -2.29. The Morgan fingerprint density at radius 1 is 1.18 bits per heavy atom. The zero-order valence-electron chi connectivity index (χ0n) is 16.3. The van der Waals surface area contributed by atoms with Gasteiger partial charge in [0.05, 0.1) is 11.0 Å². The first-order valence-corrected chi connectivity index (χ1v) is 10.4. The van der Waals surface area contributed by atoms with Crippen LogP contribution in [0.2, 0.25) is 5.02 Å². The molecule has 1 saturated heterocycles. The predicted molar refractivity (Wildman–Crippen MR) is 114 cm³/mol. The monoisotopic (exact) mass is 395 g/mol. The summed E-state index contributed by atoms with van der Waals surface area (Å²) in [6.07, 6.45) is 6.09. The number of imidazole rings is 1. The minimum absolute atomic E-state index is 0.0927. The van der Waals surface area contributed by atoms with Gasteiger partial charge in [0.25, 0.3) is 0 Å². The van der Waals surface area contributed by atoms with Crippen molar-refractivity contribution in [1.82, 2.24) is 14.5 Å². The highest BCUT2D eigenvalue weighted by Gasteiger charge is 2.22. The summed E-state index contributed by atoms with van der Waals surface area (Å²) in [5.41, 5.74) is 4.09. The van der Waals surface area contributed by atoms with Gasteiger partial charge < -0.3 is 4.90 Å². The molecule has 1 aromatic heterocycles. The summed E-state index contributed by atoms with van der Waals surface area (Å²) < 4.78 is 1.70. The van der Waals surface area contributed by atoms with Gasteiger partial charge >= 0.3 is 0 Å². The summed E-state index contributed by atoms with van der Waals surface area (Å²) >= 11 is 6.57. The van der Waals surface area contributed by atoms with E-state index in [9.17, 15) is 4.79 Å². The van der Waals surface area contributed by atoms with Crippen LogP contribution < -0.4 is 0 Å². The first-order valence-electron chi connectivity index (χ1n) is 10.0. The van der Waals surface area contributed by atoms with Gasteiger partial charge in [0, 0.05) is 11.4 Å². The molecule has 28 heavy (non-hydrogen) atoms. The van der Waals surface area contributed by atoms with E-state index < -0.39 is 0 Å². The van der Waals surface area contributed by atoms with Crippen molar-refractivity contribution in [2.45, 2.75) is 38.0 Å². The largest absolute Gasteiger partial charge is 0.306 e. The molecule has 0 unspecified atom stereocenters. The molecule has 0 amide bonds. The molecule has 5 heteroatoms. The second-order valence-corrected chi connectivity index (χ2v) is 8.19. The van der Waals surface area contributed by atoms with Gasteiger partial charge in [-0.05, 0) is 75.0 Å². The van der Waals surface area contributed by atoms with Crippen LogP contribution >= 0.6 is 11.6 Å². The summed E-state index contributed by atoms with van der Waals surface area (Å²) in [7, 11) is 2.16. The van der Waals surface area contributed by atoms with Crippen LogP contribution in [0.5, 0.6) is 0 Å². The Labute approximate surface area is 171 Å². The van der Waals surface area contributed by atoms with Crippen molar-refractivity contribution < 1.29 is 4.79 Å². The molecule has 1 fully saturated rings. The molecule has 0 spiro atoms. The molecule has 1 aliphatic heterocycles. The Balaban J connectivity index is 1.50. The number of aromatic nitrogens is 2. The fourth-order valence-electron chi connectivity index (χ4n) is 4.09. The molecule has 0 atom stereocenters. The maximum Gasteiger partial charge on any atom is 0.232 e. The number of carbonyl (C=O) groups is 1. The molecular formula is C23H26ClN3O. The SMILES string of the molecule is CN1CCC(c2cc3c(cc2Cl)ncn3C(=O)CCCc2ccccc2)CC1. The molecule has 146 valence electrons. The van der Waals surface area contributed by atoms with Gasteiger partial charge in [-0.1, -0.05) is 41.9 Å². The minimum Gasteiger partial charge on any atom is -0.306 e. The Hall–Kier alpha value is -2.17. The first-order chi connectivity index (χ1) is 13.6. The zero-order chi connectivity index (χ0) is 19.5. The number of piperidine rings is 1. The van der Waals surface area contributed by atoms with E-state index in [4.69, 9.17) is 11.6 Å². The van der Waals surface area contributed by atoms with Crippen LogP contribution in [0, 0.1) is 0 Å². The molecule has 4 rings (SSSR count). The number of nitrogens with zero attached hydrogens (tertiary/aromatic N) is 3. The average molecular weight is 396 g/mol. The Kier molecular flexibility index (Phi) is 5.79. The molecule has 0 N–H and O–H groups in total. The lowest BCUT2D eigenvalue weighted by atomic mass is 9.89. The summed E-state index contributed by atoms with van der Waals surface area (Å²) in [6, 6.07) is 14.3. The van der Waals surface area contributed by atoms with E-state index in [-0.39, 0.29) is 5.91 Å². The van der Waals surface area contributed by atoms with Crippen LogP contribution in [-0.4, -0.2) is 40.5 Å². The Bertz CT molecular complexity index is 959. The summed E-state index contributed by atoms with van der Waals surface area (Å²) in [5.74, 6) is 0.541. The molecule has 4 nitrogen and oxygen atoms in total. The number of hydrogen-bond acceptors (Lipinski definition) is 3. The van der Waals surface area contributed by atoms with Crippen molar-refractivity contribution in [3.63, 3.8) is 0 Å². The van der Waals surface area contributed by atoms with Crippen LogP contribution in [0.25, 0.3) is 11.0 Å².